The van der Waals surface area contributed by atoms with Crippen LogP contribution in [-0.4, -0.2) is 55.2 Å². The van der Waals surface area contributed by atoms with Gasteiger partial charge in [-0.2, -0.15) is 4.31 Å². The molecule has 0 radical (unpaired) electrons. The number of amides is 1. The molecule has 1 saturated carbocycles. The van der Waals surface area contributed by atoms with Gasteiger partial charge in [-0.15, -0.1) is 0 Å². The summed E-state index contributed by atoms with van der Waals surface area (Å²) in [6, 6.07) is 15.3. The molecule has 2 heterocycles. The molecule has 2 aliphatic heterocycles. The van der Waals surface area contributed by atoms with E-state index in [-0.39, 0.29) is 16.8 Å². The lowest BCUT2D eigenvalue weighted by atomic mass is 10.0. The minimum atomic E-state index is -3.66. The third-order valence-electron chi connectivity index (χ3n) is 6.76. The molecule has 0 spiro atoms. The first kappa shape index (κ1) is 20.7. The van der Waals surface area contributed by atoms with E-state index in [1.54, 1.807) is 18.2 Å². The molecule has 31 heavy (non-hydrogen) atoms. The van der Waals surface area contributed by atoms with Gasteiger partial charge in [-0.1, -0.05) is 30.3 Å². The van der Waals surface area contributed by atoms with Crippen molar-refractivity contribution < 1.29 is 13.2 Å². The van der Waals surface area contributed by atoms with Gasteiger partial charge in [0.05, 0.1) is 4.90 Å². The average Bonchev–Trinajstić information content (AvgIpc) is 3.65. The third-order valence-corrected chi connectivity index (χ3v) is 8.60. The summed E-state index contributed by atoms with van der Waals surface area (Å²) in [6.45, 7) is 2.88. The van der Waals surface area contributed by atoms with E-state index in [2.05, 4.69) is 16.3 Å². The lowest BCUT2D eigenvalue weighted by Gasteiger charge is -2.32. The van der Waals surface area contributed by atoms with Crippen LogP contribution in [0.15, 0.2) is 53.4 Å². The Hall–Kier alpha value is -2.22. The third kappa shape index (κ3) is 4.40. The van der Waals surface area contributed by atoms with Crippen molar-refractivity contribution in [2.45, 2.75) is 55.6 Å². The molecule has 0 aromatic heterocycles. The predicted octanol–water partition coefficient (Wildman–Crippen LogP) is 2.79. The predicted molar refractivity (Wildman–Crippen MR) is 119 cm³/mol. The number of nitrogens with one attached hydrogen (secondary N) is 1. The van der Waals surface area contributed by atoms with Gasteiger partial charge in [-0.3, -0.25) is 4.79 Å². The molecule has 5 rings (SSSR count). The Morgan fingerprint density at radius 2 is 1.65 bits per heavy atom. The standard InChI is InChI=1S/C24H29N3O3S/c28-24(25-21-11-13-26(14-12-21)22-8-9-22)19-6-3-7-23(16-19)31(29,30)27-15-10-18-4-1-2-5-20(18)17-27/h1-7,16,21-22H,8-15,17H2,(H,25,28). The number of hydrogen-bond acceptors (Lipinski definition) is 4. The van der Waals surface area contributed by atoms with Gasteiger partial charge in [0.15, 0.2) is 0 Å². The molecular weight excluding hydrogens is 410 g/mol. The Balaban J connectivity index is 1.26. The molecule has 6 nitrogen and oxygen atoms in total. The topological polar surface area (TPSA) is 69.7 Å². The number of rotatable bonds is 5. The van der Waals surface area contributed by atoms with Gasteiger partial charge < -0.3 is 10.2 Å². The number of hydrogen-bond donors (Lipinski definition) is 1. The molecule has 0 bridgehead atoms. The summed E-state index contributed by atoms with van der Waals surface area (Å²) in [5.74, 6) is -0.189. The van der Waals surface area contributed by atoms with Crippen molar-refractivity contribution in [3.8, 4) is 0 Å². The molecule has 1 amide bonds. The van der Waals surface area contributed by atoms with Gasteiger partial charge in [-0.05, 0) is 61.4 Å². The van der Waals surface area contributed by atoms with Gasteiger partial charge in [-0.25, -0.2) is 8.42 Å². The van der Waals surface area contributed by atoms with E-state index in [0.29, 0.717) is 25.1 Å². The quantitative estimate of drug-likeness (QED) is 0.778. The van der Waals surface area contributed by atoms with Crippen molar-refractivity contribution in [3.63, 3.8) is 0 Å². The maximum Gasteiger partial charge on any atom is 0.251 e. The van der Waals surface area contributed by atoms with Crippen LogP contribution < -0.4 is 5.32 Å². The summed E-state index contributed by atoms with van der Waals surface area (Å²) < 4.78 is 28.0. The molecule has 2 aromatic carbocycles. The summed E-state index contributed by atoms with van der Waals surface area (Å²) in [4.78, 5) is 15.5. The zero-order chi connectivity index (χ0) is 21.4. The first-order valence-corrected chi connectivity index (χ1v) is 12.7. The van der Waals surface area contributed by atoms with Crippen molar-refractivity contribution in [1.82, 2.24) is 14.5 Å². The van der Waals surface area contributed by atoms with Crippen molar-refractivity contribution in [2.75, 3.05) is 19.6 Å². The van der Waals surface area contributed by atoms with Gasteiger partial charge in [0, 0.05) is 43.8 Å². The van der Waals surface area contributed by atoms with Crippen LogP contribution in [0.5, 0.6) is 0 Å². The Kier molecular flexibility index (Phi) is 5.58. The van der Waals surface area contributed by atoms with E-state index in [0.717, 1.165) is 37.5 Å². The smallest absolute Gasteiger partial charge is 0.251 e. The zero-order valence-corrected chi connectivity index (χ0v) is 18.5. The van der Waals surface area contributed by atoms with E-state index in [4.69, 9.17) is 0 Å². The van der Waals surface area contributed by atoms with E-state index >= 15 is 0 Å². The normalized spacial score (nSPS) is 20.9. The van der Waals surface area contributed by atoms with Crippen LogP contribution in [0, 0.1) is 0 Å². The van der Waals surface area contributed by atoms with E-state index in [9.17, 15) is 13.2 Å². The Morgan fingerprint density at radius 1 is 0.903 bits per heavy atom. The number of benzene rings is 2. The fraction of sp³-hybridized carbons (Fsp3) is 0.458. The van der Waals surface area contributed by atoms with Crippen molar-refractivity contribution in [1.29, 1.82) is 0 Å². The lowest BCUT2D eigenvalue weighted by molar-refractivity contribution is 0.0909. The number of carbonyl (C=O) groups is 1. The minimum Gasteiger partial charge on any atom is -0.349 e. The van der Waals surface area contributed by atoms with Crippen LogP contribution in [0.4, 0.5) is 0 Å². The van der Waals surface area contributed by atoms with Crippen LogP contribution in [0.3, 0.4) is 0 Å². The van der Waals surface area contributed by atoms with Crippen LogP contribution in [0.1, 0.15) is 47.2 Å². The monoisotopic (exact) mass is 439 g/mol. The largest absolute Gasteiger partial charge is 0.349 e. The number of nitrogens with zero attached hydrogens (tertiary/aromatic N) is 2. The van der Waals surface area contributed by atoms with E-state index in [1.807, 2.05) is 18.2 Å². The van der Waals surface area contributed by atoms with E-state index < -0.39 is 10.0 Å². The van der Waals surface area contributed by atoms with Crippen LogP contribution >= 0.6 is 0 Å². The molecule has 1 aliphatic carbocycles. The summed E-state index contributed by atoms with van der Waals surface area (Å²) in [5.41, 5.74) is 2.65. The van der Waals surface area contributed by atoms with Crippen molar-refractivity contribution in [2.24, 2.45) is 0 Å². The second-order valence-electron chi connectivity index (χ2n) is 8.90. The zero-order valence-electron chi connectivity index (χ0n) is 17.7. The molecule has 0 unspecified atom stereocenters. The summed E-state index contributed by atoms with van der Waals surface area (Å²) in [7, 11) is -3.66. The van der Waals surface area contributed by atoms with Gasteiger partial charge in [0.2, 0.25) is 10.0 Å². The number of carbonyl (C=O) groups excluding carboxylic acids is 1. The molecule has 7 heteroatoms. The molecular formula is C24H29N3O3S. The highest BCUT2D eigenvalue weighted by atomic mass is 32.2. The van der Waals surface area contributed by atoms with Crippen molar-refractivity contribution >= 4 is 15.9 Å². The highest BCUT2D eigenvalue weighted by molar-refractivity contribution is 7.89. The Labute approximate surface area is 184 Å². The van der Waals surface area contributed by atoms with Gasteiger partial charge in [0.25, 0.3) is 5.91 Å². The van der Waals surface area contributed by atoms with Gasteiger partial charge in [0.1, 0.15) is 0 Å². The minimum absolute atomic E-state index is 0.154. The number of fused-ring (bicyclic) bond motifs is 1. The Morgan fingerprint density at radius 3 is 2.39 bits per heavy atom. The SMILES string of the molecule is O=C(NC1CCN(C2CC2)CC1)c1cccc(S(=O)(=O)N2CCc3ccccc3C2)c1. The first-order valence-electron chi connectivity index (χ1n) is 11.2. The molecule has 164 valence electrons. The fourth-order valence-corrected chi connectivity index (χ4v) is 6.20. The maximum atomic E-state index is 13.3. The second-order valence-corrected chi connectivity index (χ2v) is 10.8. The number of piperidine rings is 1. The highest BCUT2D eigenvalue weighted by Crippen LogP contribution is 2.29. The number of sulfonamides is 1. The first-order chi connectivity index (χ1) is 15.0. The molecule has 1 saturated heterocycles. The summed E-state index contributed by atoms with van der Waals surface area (Å²) >= 11 is 0. The molecule has 3 aliphatic rings. The van der Waals surface area contributed by atoms with E-state index in [1.165, 1.54) is 28.8 Å². The lowest BCUT2D eigenvalue weighted by Crippen LogP contribution is -2.45. The summed E-state index contributed by atoms with van der Waals surface area (Å²) in [6.07, 6.45) is 5.22. The summed E-state index contributed by atoms with van der Waals surface area (Å²) in [5, 5.41) is 3.11. The average molecular weight is 440 g/mol. The molecule has 1 N–H and O–H groups in total. The van der Waals surface area contributed by atoms with Crippen molar-refractivity contribution in [3.05, 3.63) is 65.2 Å². The molecule has 2 aromatic rings. The van der Waals surface area contributed by atoms with Crippen LogP contribution in [0.25, 0.3) is 0 Å². The molecule has 0 atom stereocenters. The van der Waals surface area contributed by atoms with Crippen LogP contribution in [0.2, 0.25) is 0 Å². The van der Waals surface area contributed by atoms with Crippen LogP contribution in [-0.2, 0) is 23.0 Å². The Bertz CT molecular complexity index is 1070. The molecule has 2 fully saturated rings. The second kappa shape index (κ2) is 8.37. The highest BCUT2D eigenvalue weighted by Gasteiger charge is 2.32. The fourth-order valence-electron chi connectivity index (χ4n) is 4.74. The maximum absolute atomic E-state index is 13.3. The van der Waals surface area contributed by atoms with Gasteiger partial charge >= 0.3 is 0 Å². The number of likely N-dealkylation sites (tertiary alicyclic amines) is 1.